The first-order chi connectivity index (χ1) is 11.5. The summed E-state index contributed by atoms with van der Waals surface area (Å²) in [6.07, 6.45) is 1.84. The van der Waals surface area contributed by atoms with Gasteiger partial charge in [-0.2, -0.15) is 0 Å². The fraction of sp³-hybridized carbons (Fsp3) is 0.350. The van der Waals surface area contributed by atoms with Crippen LogP contribution in [0.3, 0.4) is 0 Å². The van der Waals surface area contributed by atoms with Crippen LogP contribution in [0.5, 0.6) is 5.75 Å². The molecule has 1 atom stereocenters. The lowest BCUT2D eigenvalue weighted by Gasteiger charge is -2.15. The van der Waals surface area contributed by atoms with E-state index < -0.39 is 0 Å². The van der Waals surface area contributed by atoms with Crippen LogP contribution in [0.1, 0.15) is 30.0 Å². The van der Waals surface area contributed by atoms with Gasteiger partial charge >= 0.3 is 0 Å². The Kier molecular flexibility index (Phi) is 6.68. The van der Waals surface area contributed by atoms with Crippen LogP contribution in [0.2, 0.25) is 5.02 Å². The van der Waals surface area contributed by atoms with Gasteiger partial charge in [0.05, 0.1) is 0 Å². The normalized spacial score (nSPS) is 11.8. The number of carbonyl (C=O) groups excluding carboxylic acids is 1. The highest BCUT2D eigenvalue weighted by Crippen LogP contribution is 2.25. The van der Waals surface area contributed by atoms with Crippen molar-refractivity contribution in [3.8, 4) is 5.75 Å². The van der Waals surface area contributed by atoms with Gasteiger partial charge in [-0.3, -0.25) is 4.79 Å². The van der Waals surface area contributed by atoms with Gasteiger partial charge in [0.25, 0.3) is 5.91 Å². The van der Waals surface area contributed by atoms with Gasteiger partial charge in [-0.1, -0.05) is 41.9 Å². The number of hydrogen-bond donors (Lipinski definition) is 1. The van der Waals surface area contributed by atoms with Gasteiger partial charge in [0.1, 0.15) is 5.75 Å². The van der Waals surface area contributed by atoms with Crippen molar-refractivity contribution in [3.63, 3.8) is 0 Å². The van der Waals surface area contributed by atoms with Gasteiger partial charge in [0.2, 0.25) is 0 Å². The molecule has 0 aliphatic rings. The third-order valence-electron chi connectivity index (χ3n) is 3.90. The van der Waals surface area contributed by atoms with Crippen LogP contribution in [-0.4, -0.2) is 18.6 Å². The molecule has 0 aliphatic heterocycles. The van der Waals surface area contributed by atoms with Crippen molar-refractivity contribution in [2.45, 2.75) is 39.7 Å². The number of hydrogen-bond acceptors (Lipinski definition) is 2. The van der Waals surface area contributed by atoms with Crippen LogP contribution in [0, 0.1) is 13.8 Å². The Balaban J connectivity index is 1.76. The van der Waals surface area contributed by atoms with Gasteiger partial charge in [0, 0.05) is 11.1 Å². The van der Waals surface area contributed by atoms with E-state index in [2.05, 4.69) is 17.4 Å². The first-order valence-corrected chi connectivity index (χ1v) is 8.56. The summed E-state index contributed by atoms with van der Waals surface area (Å²) in [7, 11) is 0. The van der Waals surface area contributed by atoms with Gasteiger partial charge in [-0.25, -0.2) is 0 Å². The maximum Gasteiger partial charge on any atom is 0.258 e. The lowest BCUT2D eigenvalue weighted by atomic mass is 10.1. The van der Waals surface area contributed by atoms with Crippen molar-refractivity contribution in [3.05, 3.63) is 64.2 Å². The SMILES string of the molecule is Cc1cc(OCC(=O)N[C@@H](C)CCc2ccccc2)cc(C)c1Cl. The average Bonchev–Trinajstić information content (AvgIpc) is 2.57. The van der Waals surface area contributed by atoms with Crippen LogP contribution >= 0.6 is 11.6 Å². The topological polar surface area (TPSA) is 38.3 Å². The molecular weight excluding hydrogens is 322 g/mol. The van der Waals surface area contributed by atoms with Gasteiger partial charge in [0.15, 0.2) is 6.61 Å². The standard InChI is InChI=1S/C20H24ClNO2/c1-14-11-18(12-15(2)20(14)21)24-13-19(23)22-16(3)9-10-17-7-5-4-6-8-17/h4-8,11-12,16H,9-10,13H2,1-3H3,(H,22,23)/t16-/m0/s1. The molecule has 0 unspecified atom stereocenters. The molecule has 3 nitrogen and oxygen atoms in total. The van der Waals surface area contributed by atoms with E-state index >= 15 is 0 Å². The minimum atomic E-state index is -0.110. The lowest BCUT2D eigenvalue weighted by molar-refractivity contribution is -0.123. The molecule has 0 fully saturated rings. The molecule has 0 bridgehead atoms. The molecule has 2 rings (SSSR count). The Morgan fingerprint density at radius 2 is 1.79 bits per heavy atom. The fourth-order valence-electron chi connectivity index (χ4n) is 2.55. The second-order valence-corrected chi connectivity index (χ2v) is 6.53. The molecule has 0 radical (unpaired) electrons. The van der Waals surface area contributed by atoms with Crippen LogP contribution in [0.4, 0.5) is 0 Å². The molecule has 24 heavy (non-hydrogen) atoms. The maximum absolute atomic E-state index is 12.0. The second kappa shape index (κ2) is 8.74. The lowest BCUT2D eigenvalue weighted by Crippen LogP contribution is -2.36. The zero-order valence-electron chi connectivity index (χ0n) is 14.4. The first-order valence-electron chi connectivity index (χ1n) is 8.18. The molecule has 0 saturated heterocycles. The third-order valence-corrected chi connectivity index (χ3v) is 4.49. The minimum Gasteiger partial charge on any atom is -0.484 e. The molecule has 0 saturated carbocycles. The van der Waals surface area contributed by atoms with Gasteiger partial charge in [-0.05, 0) is 62.4 Å². The fourth-order valence-corrected chi connectivity index (χ4v) is 2.66. The molecule has 0 aliphatic carbocycles. The number of carbonyl (C=O) groups is 1. The summed E-state index contributed by atoms with van der Waals surface area (Å²) in [6, 6.07) is 14.1. The molecule has 0 heterocycles. The van der Waals surface area contributed by atoms with E-state index in [0.717, 1.165) is 29.0 Å². The predicted octanol–water partition coefficient (Wildman–Crippen LogP) is 4.47. The smallest absolute Gasteiger partial charge is 0.258 e. The molecule has 2 aromatic rings. The number of aryl methyl sites for hydroxylation is 3. The van der Waals surface area contributed by atoms with Crippen molar-refractivity contribution in [1.29, 1.82) is 0 Å². The average molecular weight is 346 g/mol. The molecule has 1 amide bonds. The zero-order valence-corrected chi connectivity index (χ0v) is 15.2. The molecule has 1 N–H and O–H groups in total. The maximum atomic E-state index is 12.0. The van der Waals surface area contributed by atoms with Crippen LogP contribution in [-0.2, 0) is 11.2 Å². The first kappa shape index (κ1) is 18.3. The minimum absolute atomic E-state index is 0.0101. The van der Waals surface area contributed by atoms with E-state index in [-0.39, 0.29) is 18.6 Å². The van der Waals surface area contributed by atoms with Crippen molar-refractivity contribution < 1.29 is 9.53 Å². The number of halogens is 1. The van der Waals surface area contributed by atoms with Crippen molar-refractivity contribution in [2.75, 3.05) is 6.61 Å². The number of rotatable bonds is 7. The molecular formula is C20H24ClNO2. The molecule has 2 aromatic carbocycles. The predicted molar refractivity (Wildman–Crippen MR) is 98.8 cm³/mol. The van der Waals surface area contributed by atoms with Crippen molar-refractivity contribution >= 4 is 17.5 Å². The Hall–Kier alpha value is -2.00. The monoisotopic (exact) mass is 345 g/mol. The summed E-state index contributed by atoms with van der Waals surface area (Å²) >= 11 is 6.13. The van der Waals surface area contributed by atoms with Crippen LogP contribution in [0.15, 0.2) is 42.5 Å². The summed E-state index contributed by atoms with van der Waals surface area (Å²) in [5.74, 6) is 0.558. The van der Waals surface area contributed by atoms with Gasteiger partial charge in [-0.15, -0.1) is 0 Å². The largest absolute Gasteiger partial charge is 0.484 e. The summed E-state index contributed by atoms with van der Waals surface area (Å²) in [5.41, 5.74) is 3.17. The zero-order chi connectivity index (χ0) is 17.5. The van der Waals surface area contributed by atoms with E-state index in [0.29, 0.717) is 5.75 Å². The molecule has 4 heteroatoms. The van der Waals surface area contributed by atoms with Crippen LogP contribution in [0.25, 0.3) is 0 Å². The number of ether oxygens (including phenoxy) is 1. The third kappa shape index (κ3) is 5.57. The number of nitrogens with one attached hydrogen (secondary N) is 1. The van der Waals surface area contributed by atoms with Gasteiger partial charge < -0.3 is 10.1 Å². The van der Waals surface area contributed by atoms with E-state index in [1.807, 2.05) is 51.1 Å². The quantitative estimate of drug-likeness (QED) is 0.803. The van der Waals surface area contributed by atoms with Crippen LogP contribution < -0.4 is 10.1 Å². The summed E-state index contributed by atoms with van der Waals surface area (Å²) in [6.45, 7) is 5.87. The Labute approximate surface area is 149 Å². The Bertz CT molecular complexity index is 662. The Morgan fingerprint density at radius 3 is 2.42 bits per heavy atom. The summed E-state index contributed by atoms with van der Waals surface area (Å²) in [4.78, 5) is 12.0. The summed E-state index contributed by atoms with van der Waals surface area (Å²) in [5, 5.41) is 3.71. The molecule has 0 aromatic heterocycles. The van der Waals surface area contributed by atoms with E-state index in [1.54, 1.807) is 0 Å². The molecule has 128 valence electrons. The summed E-state index contributed by atoms with van der Waals surface area (Å²) < 4.78 is 5.58. The number of benzene rings is 2. The van der Waals surface area contributed by atoms with E-state index in [4.69, 9.17) is 16.3 Å². The highest BCUT2D eigenvalue weighted by atomic mass is 35.5. The second-order valence-electron chi connectivity index (χ2n) is 6.15. The Morgan fingerprint density at radius 1 is 1.17 bits per heavy atom. The highest BCUT2D eigenvalue weighted by molar-refractivity contribution is 6.32. The highest BCUT2D eigenvalue weighted by Gasteiger charge is 2.10. The van der Waals surface area contributed by atoms with E-state index in [9.17, 15) is 4.79 Å². The van der Waals surface area contributed by atoms with E-state index in [1.165, 1.54) is 5.56 Å². The number of amides is 1. The van der Waals surface area contributed by atoms with Crippen molar-refractivity contribution in [1.82, 2.24) is 5.32 Å². The van der Waals surface area contributed by atoms with Crippen molar-refractivity contribution in [2.24, 2.45) is 0 Å². The molecule has 0 spiro atoms.